The van der Waals surface area contributed by atoms with Crippen LogP contribution in [-0.4, -0.2) is 25.9 Å². The van der Waals surface area contributed by atoms with Gasteiger partial charge in [0.2, 0.25) is 10.0 Å². The summed E-state index contributed by atoms with van der Waals surface area (Å²) in [5.41, 5.74) is 0.0367. The Bertz CT molecular complexity index is 805. The molecule has 0 amide bonds. The fourth-order valence-corrected chi connectivity index (χ4v) is 4.23. The summed E-state index contributed by atoms with van der Waals surface area (Å²) in [4.78, 5) is 0. The minimum absolute atomic E-state index is 0.354. The number of hydrogen-bond acceptors (Lipinski definition) is 2. The zero-order valence-corrected chi connectivity index (χ0v) is 14.4. The van der Waals surface area contributed by atoms with Crippen LogP contribution >= 0.6 is 0 Å². The molecular weight excluding hydrogens is 358 g/mol. The molecule has 136 valence electrons. The van der Waals surface area contributed by atoms with E-state index in [4.69, 9.17) is 0 Å². The van der Waals surface area contributed by atoms with Crippen molar-refractivity contribution in [3.63, 3.8) is 0 Å². The van der Waals surface area contributed by atoms with E-state index in [9.17, 15) is 26.0 Å². The molecule has 2 aromatic carbocycles. The van der Waals surface area contributed by atoms with Gasteiger partial charge in [-0.1, -0.05) is 42.5 Å². The molecule has 0 aliphatic heterocycles. The molecule has 0 saturated carbocycles. The van der Waals surface area contributed by atoms with Crippen molar-refractivity contribution in [3.8, 4) is 0 Å². The molecular formula is C17H17F4NO2S. The second kappa shape index (κ2) is 7.13. The highest BCUT2D eigenvalue weighted by Crippen LogP contribution is 2.42. The van der Waals surface area contributed by atoms with E-state index < -0.39 is 33.3 Å². The van der Waals surface area contributed by atoms with Crippen LogP contribution in [0, 0.1) is 5.82 Å². The molecule has 0 bridgehead atoms. The number of halogens is 4. The molecule has 0 aliphatic carbocycles. The van der Waals surface area contributed by atoms with Crippen LogP contribution in [0.1, 0.15) is 29.3 Å². The Morgan fingerprint density at radius 1 is 0.920 bits per heavy atom. The first-order valence-corrected chi connectivity index (χ1v) is 8.89. The van der Waals surface area contributed by atoms with Crippen molar-refractivity contribution in [1.29, 1.82) is 0 Å². The molecule has 0 spiro atoms. The average molecular weight is 375 g/mol. The molecule has 8 heteroatoms. The molecule has 2 aromatic rings. The van der Waals surface area contributed by atoms with Gasteiger partial charge in [0.05, 0.1) is 0 Å². The number of benzene rings is 2. The molecule has 0 aliphatic rings. The summed E-state index contributed by atoms with van der Waals surface area (Å²) < 4.78 is 79.6. The third-order valence-electron chi connectivity index (χ3n) is 4.00. The van der Waals surface area contributed by atoms with Crippen LogP contribution < -0.4 is 0 Å². The molecule has 0 radical (unpaired) electrons. The van der Waals surface area contributed by atoms with Crippen LogP contribution in [0.3, 0.4) is 0 Å². The zero-order valence-electron chi connectivity index (χ0n) is 13.5. The van der Waals surface area contributed by atoms with Gasteiger partial charge in [-0.3, -0.25) is 0 Å². The van der Waals surface area contributed by atoms with E-state index in [-0.39, 0.29) is 5.56 Å². The van der Waals surface area contributed by atoms with E-state index in [1.165, 1.54) is 37.3 Å². The predicted molar refractivity (Wildman–Crippen MR) is 86.7 cm³/mol. The predicted octanol–water partition coefficient (Wildman–Crippen LogP) is 4.45. The standard InChI is InChI=1S/C17H17F4NO2S/c1-12(13-8-10-15(18)11-9-13)22(2)25(23,24)16(17(19,20)21)14-6-4-3-5-7-14/h3-12,16H,1-2H3/t12-,16-/m1/s1. The molecule has 2 rings (SSSR count). The first-order valence-electron chi connectivity index (χ1n) is 7.39. The molecule has 0 saturated heterocycles. The van der Waals surface area contributed by atoms with Crippen LogP contribution in [-0.2, 0) is 10.0 Å². The lowest BCUT2D eigenvalue weighted by molar-refractivity contribution is -0.132. The van der Waals surface area contributed by atoms with Crippen LogP contribution in [0.15, 0.2) is 54.6 Å². The Kier molecular flexibility index (Phi) is 5.53. The summed E-state index contributed by atoms with van der Waals surface area (Å²) >= 11 is 0. The Morgan fingerprint density at radius 2 is 1.44 bits per heavy atom. The zero-order chi connectivity index (χ0) is 18.8. The van der Waals surface area contributed by atoms with Gasteiger partial charge >= 0.3 is 6.18 Å². The average Bonchev–Trinajstić information content (AvgIpc) is 2.53. The lowest BCUT2D eigenvalue weighted by Crippen LogP contribution is -2.39. The van der Waals surface area contributed by atoms with Gasteiger partial charge in [0.25, 0.3) is 0 Å². The van der Waals surface area contributed by atoms with Gasteiger partial charge in [0, 0.05) is 13.1 Å². The van der Waals surface area contributed by atoms with E-state index >= 15 is 0 Å². The second-order valence-corrected chi connectivity index (χ2v) is 7.70. The highest BCUT2D eigenvalue weighted by atomic mass is 32.2. The summed E-state index contributed by atoms with van der Waals surface area (Å²) in [6.45, 7) is 1.45. The summed E-state index contributed by atoms with van der Waals surface area (Å²) in [6, 6.07) is 10.5. The minimum Gasteiger partial charge on any atom is -0.211 e. The molecule has 25 heavy (non-hydrogen) atoms. The lowest BCUT2D eigenvalue weighted by Gasteiger charge is -2.30. The molecule has 0 fully saturated rings. The highest BCUT2D eigenvalue weighted by Gasteiger charge is 2.51. The highest BCUT2D eigenvalue weighted by molar-refractivity contribution is 7.89. The van der Waals surface area contributed by atoms with Gasteiger partial charge in [-0.25, -0.2) is 12.8 Å². The molecule has 0 aromatic heterocycles. The van der Waals surface area contributed by atoms with Crippen molar-refractivity contribution in [2.45, 2.75) is 24.4 Å². The Hall–Kier alpha value is -1.93. The van der Waals surface area contributed by atoms with Gasteiger partial charge in [0.1, 0.15) is 5.82 Å². The maximum absolute atomic E-state index is 13.5. The summed E-state index contributed by atoms with van der Waals surface area (Å²) in [6.07, 6.45) is -4.98. The Morgan fingerprint density at radius 3 is 1.92 bits per heavy atom. The normalized spacial score (nSPS) is 15.2. The van der Waals surface area contributed by atoms with Gasteiger partial charge in [-0.15, -0.1) is 0 Å². The third-order valence-corrected chi connectivity index (χ3v) is 6.25. The largest absolute Gasteiger partial charge is 0.410 e. The van der Waals surface area contributed by atoms with Gasteiger partial charge in [0.15, 0.2) is 5.25 Å². The van der Waals surface area contributed by atoms with Gasteiger partial charge < -0.3 is 0 Å². The van der Waals surface area contributed by atoms with Crippen LogP contribution in [0.25, 0.3) is 0 Å². The summed E-state index contributed by atoms with van der Waals surface area (Å²) in [5, 5.41) is -2.67. The molecule has 3 nitrogen and oxygen atoms in total. The van der Waals surface area contributed by atoms with Crippen molar-refractivity contribution in [1.82, 2.24) is 4.31 Å². The lowest BCUT2D eigenvalue weighted by atomic mass is 10.1. The van der Waals surface area contributed by atoms with Crippen LogP contribution in [0.4, 0.5) is 17.6 Å². The summed E-state index contributed by atoms with van der Waals surface area (Å²) in [5.74, 6) is -0.515. The van der Waals surface area contributed by atoms with Crippen LogP contribution in [0.2, 0.25) is 0 Å². The Labute approximate surface area is 143 Å². The number of hydrogen-bond donors (Lipinski definition) is 0. The smallest absolute Gasteiger partial charge is 0.211 e. The Balaban J connectivity index is 2.44. The van der Waals surface area contributed by atoms with E-state index in [1.54, 1.807) is 0 Å². The second-order valence-electron chi connectivity index (χ2n) is 5.62. The van der Waals surface area contributed by atoms with Crippen molar-refractivity contribution in [2.75, 3.05) is 7.05 Å². The molecule has 0 N–H and O–H groups in total. The maximum atomic E-state index is 13.5. The van der Waals surface area contributed by atoms with E-state index in [1.807, 2.05) is 0 Å². The number of alkyl halides is 3. The van der Waals surface area contributed by atoms with Crippen molar-refractivity contribution >= 4 is 10.0 Å². The third kappa shape index (κ3) is 4.19. The number of nitrogens with zero attached hydrogens (tertiary/aromatic N) is 1. The molecule has 2 atom stereocenters. The molecule has 0 unspecified atom stereocenters. The first-order chi connectivity index (χ1) is 11.5. The fourth-order valence-electron chi connectivity index (χ4n) is 2.50. The fraction of sp³-hybridized carbons (Fsp3) is 0.294. The van der Waals surface area contributed by atoms with E-state index in [0.717, 1.165) is 31.3 Å². The van der Waals surface area contributed by atoms with Crippen molar-refractivity contribution < 1.29 is 26.0 Å². The topological polar surface area (TPSA) is 37.4 Å². The quantitative estimate of drug-likeness (QED) is 0.724. The van der Waals surface area contributed by atoms with Gasteiger partial charge in [-0.2, -0.15) is 17.5 Å². The maximum Gasteiger partial charge on any atom is 0.410 e. The van der Waals surface area contributed by atoms with E-state index in [0.29, 0.717) is 9.87 Å². The molecule has 0 heterocycles. The first kappa shape index (κ1) is 19.4. The van der Waals surface area contributed by atoms with Crippen molar-refractivity contribution in [2.24, 2.45) is 0 Å². The minimum atomic E-state index is -4.98. The summed E-state index contributed by atoms with van der Waals surface area (Å²) in [7, 11) is -3.67. The number of sulfonamides is 1. The monoisotopic (exact) mass is 375 g/mol. The SMILES string of the molecule is C[C@H](c1ccc(F)cc1)N(C)S(=O)(=O)[C@H](c1ccccc1)C(F)(F)F. The van der Waals surface area contributed by atoms with Crippen molar-refractivity contribution in [3.05, 3.63) is 71.5 Å². The van der Waals surface area contributed by atoms with Crippen LogP contribution in [0.5, 0.6) is 0 Å². The van der Waals surface area contributed by atoms with E-state index in [2.05, 4.69) is 0 Å². The number of rotatable bonds is 5. The van der Waals surface area contributed by atoms with Gasteiger partial charge in [-0.05, 0) is 30.2 Å².